The van der Waals surface area contributed by atoms with Crippen molar-refractivity contribution in [3.8, 4) is 0 Å². The van der Waals surface area contributed by atoms with Crippen LogP contribution in [0, 0.1) is 19.7 Å². The van der Waals surface area contributed by atoms with Crippen molar-refractivity contribution in [2.24, 2.45) is 0 Å². The van der Waals surface area contributed by atoms with Gasteiger partial charge in [0.25, 0.3) is 0 Å². The molecular formula is C12H13FN2. The maximum atomic E-state index is 12.7. The molecule has 0 fully saturated rings. The first-order valence-corrected chi connectivity index (χ1v) is 4.90. The van der Waals surface area contributed by atoms with Crippen LogP contribution in [0.1, 0.15) is 17.0 Å². The zero-order valence-electron chi connectivity index (χ0n) is 8.87. The van der Waals surface area contributed by atoms with Crippen molar-refractivity contribution in [3.63, 3.8) is 0 Å². The number of hydrogen-bond donors (Lipinski definition) is 0. The maximum absolute atomic E-state index is 12.7. The van der Waals surface area contributed by atoms with Crippen molar-refractivity contribution in [1.29, 1.82) is 0 Å². The highest BCUT2D eigenvalue weighted by atomic mass is 19.1. The number of nitrogens with zero attached hydrogens (tertiary/aromatic N) is 2. The maximum Gasteiger partial charge on any atom is 0.123 e. The molecule has 0 radical (unpaired) electrons. The first-order chi connectivity index (χ1) is 7.15. The molecule has 2 aromatic rings. The Labute approximate surface area is 88.4 Å². The molecule has 1 aromatic heterocycles. The summed E-state index contributed by atoms with van der Waals surface area (Å²) < 4.78 is 14.6. The minimum absolute atomic E-state index is 0.202. The van der Waals surface area contributed by atoms with E-state index in [0.29, 0.717) is 6.54 Å². The van der Waals surface area contributed by atoms with Crippen LogP contribution in [0.5, 0.6) is 0 Å². The lowest BCUT2D eigenvalue weighted by molar-refractivity contribution is 0.622. The Morgan fingerprint density at radius 3 is 2.40 bits per heavy atom. The smallest absolute Gasteiger partial charge is 0.123 e. The van der Waals surface area contributed by atoms with Gasteiger partial charge in [-0.15, -0.1) is 0 Å². The Kier molecular flexibility index (Phi) is 2.54. The molecule has 0 aliphatic carbocycles. The minimum atomic E-state index is -0.202. The molecule has 2 nitrogen and oxygen atoms in total. The van der Waals surface area contributed by atoms with Gasteiger partial charge in [-0.3, -0.25) is 4.68 Å². The van der Waals surface area contributed by atoms with Crippen LogP contribution in [0.4, 0.5) is 4.39 Å². The number of aromatic nitrogens is 2. The normalized spacial score (nSPS) is 10.6. The van der Waals surface area contributed by atoms with Crippen LogP contribution in [0.25, 0.3) is 0 Å². The Hall–Kier alpha value is -1.64. The van der Waals surface area contributed by atoms with Crippen LogP contribution in [0.15, 0.2) is 30.3 Å². The van der Waals surface area contributed by atoms with Gasteiger partial charge in [-0.05, 0) is 37.6 Å². The van der Waals surface area contributed by atoms with E-state index in [4.69, 9.17) is 0 Å². The lowest BCUT2D eigenvalue weighted by Crippen LogP contribution is -2.03. The Bertz CT molecular complexity index is 457. The van der Waals surface area contributed by atoms with Gasteiger partial charge < -0.3 is 0 Å². The Morgan fingerprint density at radius 1 is 1.20 bits per heavy atom. The molecule has 0 aliphatic heterocycles. The van der Waals surface area contributed by atoms with Crippen molar-refractivity contribution < 1.29 is 4.39 Å². The number of rotatable bonds is 2. The molecular weight excluding hydrogens is 191 g/mol. The van der Waals surface area contributed by atoms with E-state index in [2.05, 4.69) is 5.10 Å². The van der Waals surface area contributed by atoms with E-state index in [9.17, 15) is 4.39 Å². The molecule has 0 N–H and O–H groups in total. The molecule has 15 heavy (non-hydrogen) atoms. The molecule has 1 aromatic carbocycles. The number of halogens is 1. The number of hydrogen-bond acceptors (Lipinski definition) is 1. The average molecular weight is 204 g/mol. The van der Waals surface area contributed by atoms with Crippen LogP contribution in [-0.2, 0) is 6.54 Å². The van der Waals surface area contributed by atoms with E-state index in [-0.39, 0.29) is 5.82 Å². The lowest BCUT2D eigenvalue weighted by atomic mass is 10.2. The summed E-state index contributed by atoms with van der Waals surface area (Å²) >= 11 is 0. The molecule has 3 heteroatoms. The molecule has 0 bridgehead atoms. The highest BCUT2D eigenvalue weighted by molar-refractivity contribution is 5.17. The van der Waals surface area contributed by atoms with Crippen molar-refractivity contribution in [3.05, 3.63) is 53.1 Å². The fourth-order valence-electron chi connectivity index (χ4n) is 1.60. The average Bonchev–Trinajstić information content (AvgIpc) is 2.49. The fourth-order valence-corrected chi connectivity index (χ4v) is 1.60. The van der Waals surface area contributed by atoms with Crippen molar-refractivity contribution >= 4 is 0 Å². The predicted molar refractivity (Wildman–Crippen MR) is 57.2 cm³/mol. The molecule has 0 saturated carbocycles. The summed E-state index contributed by atoms with van der Waals surface area (Å²) in [6, 6.07) is 8.54. The van der Waals surface area contributed by atoms with Crippen LogP contribution >= 0.6 is 0 Å². The number of benzene rings is 1. The lowest BCUT2D eigenvalue weighted by Gasteiger charge is -2.04. The van der Waals surface area contributed by atoms with E-state index in [0.717, 1.165) is 17.0 Å². The predicted octanol–water partition coefficient (Wildman–Crippen LogP) is 2.69. The van der Waals surface area contributed by atoms with E-state index >= 15 is 0 Å². The fraction of sp³-hybridized carbons (Fsp3) is 0.250. The van der Waals surface area contributed by atoms with Crippen molar-refractivity contribution in [2.45, 2.75) is 20.4 Å². The molecule has 0 unspecified atom stereocenters. The molecule has 2 rings (SSSR count). The molecule has 0 saturated heterocycles. The molecule has 0 aliphatic rings. The second-order valence-electron chi connectivity index (χ2n) is 3.71. The van der Waals surface area contributed by atoms with Gasteiger partial charge in [0.1, 0.15) is 5.82 Å². The first-order valence-electron chi connectivity index (χ1n) is 4.90. The summed E-state index contributed by atoms with van der Waals surface area (Å²) in [4.78, 5) is 0. The van der Waals surface area contributed by atoms with Crippen LogP contribution in [-0.4, -0.2) is 9.78 Å². The minimum Gasteiger partial charge on any atom is -0.265 e. The molecule has 0 atom stereocenters. The Balaban J connectivity index is 2.21. The Morgan fingerprint density at radius 2 is 1.87 bits per heavy atom. The topological polar surface area (TPSA) is 17.8 Å². The molecule has 1 heterocycles. The summed E-state index contributed by atoms with van der Waals surface area (Å²) in [7, 11) is 0. The SMILES string of the molecule is Cc1cc(C)n(Cc2ccc(F)cc2)n1. The second kappa shape index (κ2) is 3.85. The van der Waals surface area contributed by atoms with Gasteiger partial charge >= 0.3 is 0 Å². The number of aryl methyl sites for hydroxylation is 2. The van der Waals surface area contributed by atoms with Gasteiger partial charge in [0.05, 0.1) is 12.2 Å². The second-order valence-corrected chi connectivity index (χ2v) is 3.71. The molecule has 0 amide bonds. The highest BCUT2D eigenvalue weighted by Gasteiger charge is 2.01. The van der Waals surface area contributed by atoms with Crippen molar-refractivity contribution in [1.82, 2.24) is 9.78 Å². The van der Waals surface area contributed by atoms with E-state index in [1.165, 1.54) is 12.1 Å². The van der Waals surface area contributed by atoms with Crippen molar-refractivity contribution in [2.75, 3.05) is 0 Å². The summed E-state index contributed by atoms with van der Waals surface area (Å²) in [6.45, 7) is 4.68. The van der Waals surface area contributed by atoms with Crippen LogP contribution in [0.2, 0.25) is 0 Å². The van der Waals surface area contributed by atoms with Gasteiger partial charge in [0.2, 0.25) is 0 Å². The monoisotopic (exact) mass is 204 g/mol. The molecule has 78 valence electrons. The van der Waals surface area contributed by atoms with Gasteiger partial charge in [-0.1, -0.05) is 12.1 Å². The quantitative estimate of drug-likeness (QED) is 0.735. The molecule has 0 spiro atoms. The summed E-state index contributed by atoms with van der Waals surface area (Å²) in [5.74, 6) is -0.202. The summed E-state index contributed by atoms with van der Waals surface area (Å²) in [6.07, 6.45) is 0. The highest BCUT2D eigenvalue weighted by Crippen LogP contribution is 2.08. The zero-order chi connectivity index (χ0) is 10.8. The third kappa shape index (κ3) is 2.24. The van der Waals surface area contributed by atoms with E-state index < -0.39 is 0 Å². The zero-order valence-corrected chi connectivity index (χ0v) is 8.87. The van der Waals surface area contributed by atoms with E-state index in [1.807, 2.05) is 24.6 Å². The van der Waals surface area contributed by atoms with Crippen LogP contribution < -0.4 is 0 Å². The van der Waals surface area contributed by atoms with Gasteiger partial charge in [-0.2, -0.15) is 5.10 Å². The van der Waals surface area contributed by atoms with Gasteiger partial charge in [0.15, 0.2) is 0 Å². The van der Waals surface area contributed by atoms with Gasteiger partial charge in [-0.25, -0.2) is 4.39 Å². The first kappa shape index (κ1) is 9.90. The summed E-state index contributed by atoms with van der Waals surface area (Å²) in [5.41, 5.74) is 3.19. The standard InChI is InChI=1S/C12H13FN2/c1-9-7-10(2)15(14-9)8-11-3-5-12(13)6-4-11/h3-7H,8H2,1-2H3. The van der Waals surface area contributed by atoms with E-state index in [1.54, 1.807) is 12.1 Å². The third-order valence-corrected chi connectivity index (χ3v) is 2.35. The van der Waals surface area contributed by atoms with Gasteiger partial charge in [0, 0.05) is 5.69 Å². The summed E-state index contributed by atoms with van der Waals surface area (Å²) in [5, 5.41) is 4.35. The van der Waals surface area contributed by atoms with Crippen LogP contribution in [0.3, 0.4) is 0 Å². The largest absolute Gasteiger partial charge is 0.265 e. The third-order valence-electron chi connectivity index (χ3n) is 2.35.